The molecule has 0 spiro atoms. The van der Waals surface area contributed by atoms with E-state index in [1.807, 2.05) is 0 Å². The number of hydrogen-bond donors (Lipinski definition) is 1. The van der Waals surface area contributed by atoms with E-state index in [9.17, 15) is 17.6 Å². The highest BCUT2D eigenvalue weighted by molar-refractivity contribution is 5.68. The predicted molar refractivity (Wildman–Crippen MR) is 72.2 cm³/mol. The van der Waals surface area contributed by atoms with Gasteiger partial charge < -0.3 is 5.11 Å². The molecule has 0 heterocycles. The maximum absolute atomic E-state index is 13.1. The number of hydrogen-bond acceptors (Lipinski definition) is 1. The van der Waals surface area contributed by atoms with Crippen LogP contribution in [0.2, 0.25) is 0 Å². The fourth-order valence-corrected chi connectivity index (χ4v) is 2.14. The number of halogens is 4. The number of aryl methyl sites for hydroxylation is 1. The Balaban J connectivity index is 2.38. The van der Waals surface area contributed by atoms with Crippen molar-refractivity contribution in [3.63, 3.8) is 0 Å². The van der Waals surface area contributed by atoms with E-state index in [0.29, 0.717) is 24.5 Å². The lowest BCUT2D eigenvalue weighted by atomic mass is 9.97. The molecule has 0 radical (unpaired) electrons. The molecule has 0 saturated carbocycles. The van der Waals surface area contributed by atoms with E-state index in [2.05, 4.69) is 0 Å². The second-order valence-electron chi connectivity index (χ2n) is 4.71. The van der Waals surface area contributed by atoms with E-state index < -0.39 is 17.6 Å². The predicted octanol–water partition coefficient (Wildman–Crippen LogP) is 4.44. The standard InChI is InChI=1S/C16H14F4O/c17-13-7-8-14(15(10-13)16(18,19)20)12-5-3-11(4-6-12)2-1-9-21/h3-8,10,21H,1-2,9H2. The molecular formula is C16H14F4O. The first-order chi connectivity index (χ1) is 9.91. The summed E-state index contributed by atoms with van der Waals surface area (Å²) in [7, 11) is 0. The molecule has 0 aliphatic rings. The van der Waals surface area contributed by atoms with Crippen molar-refractivity contribution in [2.45, 2.75) is 19.0 Å². The summed E-state index contributed by atoms with van der Waals surface area (Å²) in [5.41, 5.74) is 0.293. The summed E-state index contributed by atoms with van der Waals surface area (Å²) < 4.78 is 52.0. The molecule has 21 heavy (non-hydrogen) atoms. The number of aliphatic hydroxyl groups is 1. The fraction of sp³-hybridized carbons (Fsp3) is 0.250. The van der Waals surface area contributed by atoms with Gasteiger partial charge in [0.15, 0.2) is 0 Å². The summed E-state index contributed by atoms with van der Waals surface area (Å²) in [6, 6.07) is 9.26. The Labute approximate surface area is 119 Å². The highest BCUT2D eigenvalue weighted by Gasteiger charge is 2.34. The van der Waals surface area contributed by atoms with E-state index in [-0.39, 0.29) is 12.2 Å². The molecule has 2 aromatic carbocycles. The number of rotatable bonds is 4. The topological polar surface area (TPSA) is 20.2 Å². The van der Waals surface area contributed by atoms with Gasteiger partial charge in [-0.3, -0.25) is 0 Å². The molecule has 2 aromatic rings. The molecule has 1 N–H and O–H groups in total. The first kappa shape index (κ1) is 15.5. The molecule has 112 valence electrons. The molecule has 0 fully saturated rings. The second-order valence-corrected chi connectivity index (χ2v) is 4.71. The highest BCUT2D eigenvalue weighted by Crippen LogP contribution is 2.37. The zero-order valence-electron chi connectivity index (χ0n) is 11.1. The molecule has 1 nitrogen and oxygen atoms in total. The summed E-state index contributed by atoms with van der Waals surface area (Å²) in [5, 5.41) is 8.75. The minimum absolute atomic E-state index is 0.0439. The highest BCUT2D eigenvalue weighted by atomic mass is 19.4. The molecule has 0 aliphatic heterocycles. The van der Waals surface area contributed by atoms with E-state index in [4.69, 9.17) is 5.11 Å². The van der Waals surface area contributed by atoms with Crippen LogP contribution in [-0.4, -0.2) is 11.7 Å². The van der Waals surface area contributed by atoms with Crippen molar-refractivity contribution in [2.24, 2.45) is 0 Å². The Kier molecular flexibility index (Phi) is 4.63. The van der Waals surface area contributed by atoms with Crippen LogP contribution in [0.5, 0.6) is 0 Å². The van der Waals surface area contributed by atoms with Crippen LogP contribution in [0.1, 0.15) is 17.5 Å². The summed E-state index contributed by atoms with van der Waals surface area (Å²) in [5.74, 6) is -0.911. The minimum atomic E-state index is -4.60. The van der Waals surface area contributed by atoms with Gasteiger partial charge in [-0.2, -0.15) is 13.2 Å². The quantitative estimate of drug-likeness (QED) is 0.828. The molecule has 0 atom stereocenters. The first-order valence-corrected chi connectivity index (χ1v) is 6.49. The lowest BCUT2D eigenvalue weighted by Crippen LogP contribution is -2.07. The summed E-state index contributed by atoms with van der Waals surface area (Å²) >= 11 is 0. The maximum atomic E-state index is 13.1. The van der Waals surface area contributed by atoms with Gasteiger partial charge in [0.1, 0.15) is 5.82 Å². The Morgan fingerprint density at radius 1 is 0.952 bits per heavy atom. The van der Waals surface area contributed by atoms with Crippen LogP contribution < -0.4 is 0 Å². The van der Waals surface area contributed by atoms with Gasteiger partial charge >= 0.3 is 6.18 Å². The number of benzene rings is 2. The van der Waals surface area contributed by atoms with Crippen molar-refractivity contribution >= 4 is 0 Å². The zero-order chi connectivity index (χ0) is 15.5. The van der Waals surface area contributed by atoms with Crippen molar-refractivity contribution in [3.05, 3.63) is 59.4 Å². The van der Waals surface area contributed by atoms with Gasteiger partial charge in [0.2, 0.25) is 0 Å². The third-order valence-corrected chi connectivity index (χ3v) is 3.18. The Morgan fingerprint density at radius 2 is 1.62 bits per heavy atom. The molecule has 5 heteroatoms. The Morgan fingerprint density at radius 3 is 2.19 bits per heavy atom. The van der Waals surface area contributed by atoms with E-state index in [1.165, 1.54) is 0 Å². The normalized spacial score (nSPS) is 11.7. The van der Waals surface area contributed by atoms with Gasteiger partial charge in [-0.05, 0) is 41.7 Å². The summed E-state index contributed by atoms with van der Waals surface area (Å²) in [6.45, 7) is 0.0674. The average Bonchev–Trinajstić information content (AvgIpc) is 2.45. The second kappa shape index (κ2) is 6.26. The van der Waals surface area contributed by atoms with Gasteiger partial charge in [0.25, 0.3) is 0 Å². The molecular weight excluding hydrogens is 284 g/mol. The van der Waals surface area contributed by atoms with Gasteiger partial charge in [0, 0.05) is 6.61 Å². The van der Waals surface area contributed by atoms with Crippen LogP contribution in [0.3, 0.4) is 0 Å². The van der Waals surface area contributed by atoms with E-state index in [0.717, 1.165) is 17.7 Å². The van der Waals surface area contributed by atoms with Crippen LogP contribution in [0.25, 0.3) is 11.1 Å². The number of alkyl halides is 3. The van der Waals surface area contributed by atoms with Gasteiger partial charge in [-0.15, -0.1) is 0 Å². The lowest BCUT2D eigenvalue weighted by molar-refractivity contribution is -0.137. The van der Waals surface area contributed by atoms with Crippen LogP contribution >= 0.6 is 0 Å². The van der Waals surface area contributed by atoms with E-state index in [1.54, 1.807) is 24.3 Å². The molecule has 0 unspecified atom stereocenters. The molecule has 0 aromatic heterocycles. The average molecular weight is 298 g/mol. The maximum Gasteiger partial charge on any atom is 0.417 e. The molecule has 2 rings (SSSR count). The number of aliphatic hydroxyl groups excluding tert-OH is 1. The van der Waals surface area contributed by atoms with Crippen LogP contribution in [0.4, 0.5) is 17.6 Å². The molecule has 0 saturated heterocycles. The Hall–Kier alpha value is -1.88. The molecule has 0 amide bonds. The smallest absolute Gasteiger partial charge is 0.396 e. The molecule has 0 aliphatic carbocycles. The largest absolute Gasteiger partial charge is 0.417 e. The Bertz CT molecular complexity index is 603. The van der Waals surface area contributed by atoms with Gasteiger partial charge in [-0.25, -0.2) is 4.39 Å². The van der Waals surface area contributed by atoms with Crippen LogP contribution in [0.15, 0.2) is 42.5 Å². The summed E-state index contributed by atoms with van der Waals surface area (Å²) in [4.78, 5) is 0. The zero-order valence-corrected chi connectivity index (χ0v) is 11.1. The van der Waals surface area contributed by atoms with Crippen molar-refractivity contribution in [2.75, 3.05) is 6.61 Å². The minimum Gasteiger partial charge on any atom is -0.396 e. The monoisotopic (exact) mass is 298 g/mol. The van der Waals surface area contributed by atoms with E-state index >= 15 is 0 Å². The van der Waals surface area contributed by atoms with Crippen molar-refractivity contribution in [1.29, 1.82) is 0 Å². The first-order valence-electron chi connectivity index (χ1n) is 6.49. The fourth-order valence-electron chi connectivity index (χ4n) is 2.14. The van der Waals surface area contributed by atoms with Crippen molar-refractivity contribution in [1.82, 2.24) is 0 Å². The molecule has 0 bridgehead atoms. The van der Waals surface area contributed by atoms with Crippen LogP contribution in [0, 0.1) is 5.82 Å². The van der Waals surface area contributed by atoms with Gasteiger partial charge in [-0.1, -0.05) is 30.3 Å². The SMILES string of the molecule is OCCCc1ccc(-c2ccc(F)cc2C(F)(F)F)cc1. The van der Waals surface area contributed by atoms with Crippen molar-refractivity contribution in [3.8, 4) is 11.1 Å². The summed E-state index contributed by atoms with van der Waals surface area (Å²) in [6.07, 6.45) is -3.34. The third kappa shape index (κ3) is 3.82. The van der Waals surface area contributed by atoms with Crippen LogP contribution in [-0.2, 0) is 12.6 Å². The van der Waals surface area contributed by atoms with Gasteiger partial charge in [0.05, 0.1) is 5.56 Å². The third-order valence-electron chi connectivity index (χ3n) is 3.18. The van der Waals surface area contributed by atoms with Crippen molar-refractivity contribution < 1.29 is 22.7 Å². The lowest BCUT2D eigenvalue weighted by Gasteiger charge is -2.13.